The van der Waals surface area contributed by atoms with Crippen LogP contribution in [-0.4, -0.2) is 11.0 Å². The summed E-state index contributed by atoms with van der Waals surface area (Å²) in [6, 6.07) is 8.79. The van der Waals surface area contributed by atoms with Gasteiger partial charge in [0.2, 0.25) is 5.88 Å². The largest absolute Gasteiger partial charge is 0.436 e. The minimum Gasteiger partial charge on any atom is -0.436 e. The van der Waals surface area contributed by atoms with Gasteiger partial charge in [0, 0.05) is 24.3 Å². The van der Waals surface area contributed by atoms with Gasteiger partial charge in [0.1, 0.15) is 0 Å². The molecule has 0 atom stereocenters. The molecule has 0 saturated carbocycles. The van der Waals surface area contributed by atoms with Crippen LogP contribution in [0.4, 0.5) is 4.39 Å². The number of rotatable bonds is 5. The maximum Gasteiger partial charge on any atom is 0.219 e. The van der Waals surface area contributed by atoms with E-state index in [4.69, 9.17) is 16.3 Å². The maximum absolute atomic E-state index is 13.8. The molecule has 112 valence electrons. The SMILES string of the molecule is Cc1cc(CNC(C)C)cc(Oc2cccc(Cl)c2F)n1. The molecule has 0 spiro atoms. The standard InChI is InChI=1S/C16H18ClFN2O/c1-10(2)19-9-12-7-11(3)20-15(8-12)21-14-6-4-5-13(17)16(14)18/h4-8,10,19H,9H2,1-3H3. The summed E-state index contributed by atoms with van der Waals surface area (Å²) >= 11 is 5.74. The zero-order valence-corrected chi connectivity index (χ0v) is 13.0. The summed E-state index contributed by atoms with van der Waals surface area (Å²) in [5.41, 5.74) is 1.85. The Kier molecular flexibility index (Phi) is 5.15. The number of hydrogen-bond donors (Lipinski definition) is 1. The second-order valence-electron chi connectivity index (χ2n) is 5.14. The molecule has 0 fully saturated rings. The van der Waals surface area contributed by atoms with Crippen LogP contribution in [0.3, 0.4) is 0 Å². The third-order valence-electron chi connectivity index (χ3n) is 2.83. The van der Waals surface area contributed by atoms with Gasteiger partial charge in [0.15, 0.2) is 11.6 Å². The van der Waals surface area contributed by atoms with E-state index in [1.807, 2.05) is 13.0 Å². The molecule has 5 heteroatoms. The summed E-state index contributed by atoms with van der Waals surface area (Å²) in [6.45, 7) is 6.73. The number of aryl methyl sites for hydroxylation is 1. The van der Waals surface area contributed by atoms with Gasteiger partial charge in [-0.15, -0.1) is 0 Å². The van der Waals surface area contributed by atoms with Gasteiger partial charge in [-0.05, 0) is 30.7 Å². The Bertz CT molecular complexity index is 632. The molecule has 0 aliphatic carbocycles. The fourth-order valence-electron chi connectivity index (χ4n) is 1.86. The Labute approximate surface area is 129 Å². The molecule has 3 nitrogen and oxygen atoms in total. The van der Waals surface area contributed by atoms with Crippen LogP contribution in [0.1, 0.15) is 25.1 Å². The molecule has 1 aromatic carbocycles. The Hall–Kier alpha value is -1.65. The fourth-order valence-corrected chi connectivity index (χ4v) is 2.02. The number of nitrogens with one attached hydrogen (secondary N) is 1. The molecule has 1 aromatic heterocycles. The van der Waals surface area contributed by atoms with E-state index in [1.165, 1.54) is 12.1 Å². The number of nitrogens with zero attached hydrogens (tertiary/aromatic N) is 1. The summed E-state index contributed by atoms with van der Waals surface area (Å²) in [4.78, 5) is 4.27. The molecule has 1 N–H and O–H groups in total. The summed E-state index contributed by atoms with van der Waals surface area (Å²) in [6.07, 6.45) is 0. The highest BCUT2D eigenvalue weighted by molar-refractivity contribution is 6.30. The molecule has 0 aliphatic rings. The predicted octanol–water partition coefficient (Wildman–Crippen LogP) is 4.47. The van der Waals surface area contributed by atoms with Gasteiger partial charge in [-0.25, -0.2) is 9.37 Å². The van der Waals surface area contributed by atoms with Gasteiger partial charge in [0.25, 0.3) is 0 Å². The highest BCUT2D eigenvalue weighted by atomic mass is 35.5. The molecule has 2 rings (SSSR count). The van der Waals surface area contributed by atoms with E-state index in [1.54, 1.807) is 12.1 Å². The van der Waals surface area contributed by atoms with Crippen molar-refractivity contribution in [1.82, 2.24) is 10.3 Å². The molecule has 0 unspecified atom stereocenters. The molecule has 0 radical (unpaired) electrons. The fraction of sp³-hybridized carbons (Fsp3) is 0.312. The molecule has 1 heterocycles. The van der Waals surface area contributed by atoms with Crippen molar-refractivity contribution in [2.45, 2.75) is 33.4 Å². The number of ether oxygens (including phenoxy) is 1. The second kappa shape index (κ2) is 6.87. The van der Waals surface area contributed by atoms with E-state index in [0.29, 0.717) is 18.5 Å². The first-order valence-electron chi connectivity index (χ1n) is 6.78. The smallest absolute Gasteiger partial charge is 0.219 e. The summed E-state index contributed by atoms with van der Waals surface area (Å²) in [7, 11) is 0. The van der Waals surface area contributed by atoms with Crippen molar-refractivity contribution >= 4 is 11.6 Å². The van der Waals surface area contributed by atoms with Crippen molar-refractivity contribution in [2.75, 3.05) is 0 Å². The third-order valence-corrected chi connectivity index (χ3v) is 3.13. The average molecular weight is 309 g/mol. The molecule has 21 heavy (non-hydrogen) atoms. The van der Waals surface area contributed by atoms with Crippen molar-refractivity contribution in [3.05, 3.63) is 52.4 Å². The lowest BCUT2D eigenvalue weighted by atomic mass is 10.2. The van der Waals surface area contributed by atoms with E-state index in [0.717, 1.165) is 11.3 Å². The van der Waals surface area contributed by atoms with E-state index in [9.17, 15) is 4.39 Å². The summed E-state index contributed by atoms with van der Waals surface area (Å²) in [5.74, 6) is -0.149. The van der Waals surface area contributed by atoms with Crippen LogP contribution in [0.25, 0.3) is 0 Å². The van der Waals surface area contributed by atoms with Gasteiger partial charge in [0.05, 0.1) is 5.02 Å². The molecule has 0 aliphatic heterocycles. The molecule has 2 aromatic rings. The monoisotopic (exact) mass is 308 g/mol. The lowest BCUT2D eigenvalue weighted by molar-refractivity contribution is 0.425. The first-order valence-corrected chi connectivity index (χ1v) is 7.16. The Balaban J connectivity index is 2.21. The lowest BCUT2D eigenvalue weighted by Crippen LogP contribution is -2.21. The number of benzene rings is 1. The van der Waals surface area contributed by atoms with Crippen molar-refractivity contribution in [3.8, 4) is 11.6 Å². The zero-order chi connectivity index (χ0) is 15.4. The number of pyridine rings is 1. The predicted molar refractivity (Wildman–Crippen MR) is 82.4 cm³/mol. The molecule has 0 amide bonds. The van der Waals surface area contributed by atoms with Gasteiger partial charge in [-0.2, -0.15) is 0 Å². The van der Waals surface area contributed by atoms with Crippen molar-refractivity contribution in [2.24, 2.45) is 0 Å². The summed E-state index contributed by atoms with van der Waals surface area (Å²) < 4.78 is 19.4. The number of aromatic nitrogens is 1. The summed E-state index contributed by atoms with van der Waals surface area (Å²) in [5, 5.41) is 3.35. The Morgan fingerprint density at radius 1 is 1.33 bits per heavy atom. The van der Waals surface area contributed by atoms with Gasteiger partial charge < -0.3 is 10.1 Å². The van der Waals surface area contributed by atoms with Crippen LogP contribution in [0.15, 0.2) is 30.3 Å². The Morgan fingerprint density at radius 3 is 2.81 bits per heavy atom. The minimum absolute atomic E-state index is 0.0295. The highest BCUT2D eigenvalue weighted by Gasteiger charge is 2.10. The minimum atomic E-state index is -0.579. The molecular formula is C16H18ClFN2O. The van der Waals surface area contributed by atoms with Gasteiger partial charge >= 0.3 is 0 Å². The number of halogens is 2. The first kappa shape index (κ1) is 15.7. The van der Waals surface area contributed by atoms with Crippen LogP contribution < -0.4 is 10.1 Å². The van der Waals surface area contributed by atoms with Crippen LogP contribution in [-0.2, 0) is 6.54 Å². The molecular weight excluding hydrogens is 291 g/mol. The van der Waals surface area contributed by atoms with E-state index >= 15 is 0 Å². The van der Waals surface area contributed by atoms with E-state index in [-0.39, 0.29) is 10.8 Å². The van der Waals surface area contributed by atoms with E-state index < -0.39 is 5.82 Å². The topological polar surface area (TPSA) is 34.1 Å². The van der Waals surface area contributed by atoms with E-state index in [2.05, 4.69) is 24.1 Å². The van der Waals surface area contributed by atoms with Crippen molar-refractivity contribution in [1.29, 1.82) is 0 Å². The first-order chi connectivity index (χ1) is 9.95. The maximum atomic E-state index is 13.8. The third kappa shape index (κ3) is 4.41. The quantitative estimate of drug-likeness (QED) is 0.884. The average Bonchev–Trinajstić information content (AvgIpc) is 2.41. The lowest BCUT2D eigenvalue weighted by Gasteiger charge is -2.11. The van der Waals surface area contributed by atoms with Crippen molar-refractivity contribution < 1.29 is 9.13 Å². The van der Waals surface area contributed by atoms with Crippen LogP contribution in [0.2, 0.25) is 5.02 Å². The van der Waals surface area contributed by atoms with Crippen LogP contribution in [0, 0.1) is 12.7 Å². The zero-order valence-electron chi connectivity index (χ0n) is 12.3. The molecule has 0 saturated heterocycles. The van der Waals surface area contributed by atoms with Crippen molar-refractivity contribution in [3.63, 3.8) is 0 Å². The second-order valence-corrected chi connectivity index (χ2v) is 5.55. The normalized spacial score (nSPS) is 11.0. The number of hydrogen-bond acceptors (Lipinski definition) is 3. The van der Waals surface area contributed by atoms with Crippen LogP contribution >= 0.6 is 11.6 Å². The highest BCUT2D eigenvalue weighted by Crippen LogP contribution is 2.28. The Morgan fingerprint density at radius 2 is 2.10 bits per heavy atom. The van der Waals surface area contributed by atoms with Crippen LogP contribution in [0.5, 0.6) is 11.6 Å². The van der Waals surface area contributed by atoms with Gasteiger partial charge in [-0.1, -0.05) is 31.5 Å². The van der Waals surface area contributed by atoms with Gasteiger partial charge in [-0.3, -0.25) is 0 Å². The molecule has 0 bridgehead atoms.